The van der Waals surface area contributed by atoms with Gasteiger partial charge in [0.1, 0.15) is 11.8 Å². The highest BCUT2D eigenvalue weighted by atomic mass is 16.5. The summed E-state index contributed by atoms with van der Waals surface area (Å²) in [6, 6.07) is 3.74. The zero-order valence-corrected chi connectivity index (χ0v) is 9.14. The Labute approximate surface area is 89.3 Å². The fourth-order valence-corrected chi connectivity index (χ4v) is 1.13. The zero-order chi connectivity index (χ0) is 11.3. The van der Waals surface area contributed by atoms with Crippen LogP contribution in [0.2, 0.25) is 0 Å². The van der Waals surface area contributed by atoms with Gasteiger partial charge in [-0.05, 0) is 13.0 Å². The molecule has 0 aromatic carbocycles. The average molecular weight is 206 g/mol. The summed E-state index contributed by atoms with van der Waals surface area (Å²) in [6.45, 7) is 2.60. The van der Waals surface area contributed by atoms with Gasteiger partial charge in [-0.1, -0.05) is 0 Å². The van der Waals surface area contributed by atoms with Crippen molar-refractivity contribution in [2.75, 3.05) is 25.7 Å². The number of ether oxygens (including phenoxy) is 1. The van der Waals surface area contributed by atoms with Crippen molar-refractivity contribution in [1.82, 2.24) is 9.97 Å². The van der Waals surface area contributed by atoms with E-state index in [-0.39, 0.29) is 6.04 Å². The van der Waals surface area contributed by atoms with Crippen LogP contribution in [-0.4, -0.2) is 36.8 Å². The summed E-state index contributed by atoms with van der Waals surface area (Å²) in [5.74, 6) is 0.540. The molecule has 5 nitrogen and oxygen atoms in total. The SMILES string of the molecule is COCC(C)N(C)c1nccc(C#N)n1. The second kappa shape index (κ2) is 5.27. The van der Waals surface area contributed by atoms with Gasteiger partial charge >= 0.3 is 0 Å². The van der Waals surface area contributed by atoms with Crippen molar-refractivity contribution in [3.63, 3.8) is 0 Å². The molecule has 1 atom stereocenters. The fourth-order valence-electron chi connectivity index (χ4n) is 1.13. The number of rotatable bonds is 4. The highest BCUT2D eigenvalue weighted by Gasteiger charge is 2.12. The van der Waals surface area contributed by atoms with Gasteiger partial charge in [-0.25, -0.2) is 9.97 Å². The van der Waals surface area contributed by atoms with Crippen LogP contribution in [0.4, 0.5) is 5.95 Å². The van der Waals surface area contributed by atoms with E-state index in [0.717, 1.165) is 0 Å². The van der Waals surface area contributed by atoms with Crippen molar-refractivity contribution < 1.29 is 4.74 Å². The third-order valence-corrected chi connectivity index (χ3v) is 2.14. The maximum absolute atomic E-state index is 8.70. The van der Waals surface area contributed by atoms with Gasteiger partial charge < -0.3 is 9.64 Å². The van der Waals surface area contributed by atoms with E-state index in [1.54, 1.807) is 19.4 Å². The largest absolute Gasteiger partial charge is 0.383 e. The van der Waals surface area contributed by atoms with E-state index < -0.39 is 0 Å². The second-order valence-corrected chi connectivity index (χ2v) is 3.27. The molecule has 0 spiro atoms. The Bertz CT molecular complexity index is 361. The molecule has 0 saturated heterocycles. The molecule has 5 heteroatoms. The van der Waals surface area contributed by atoms with Crippen LogP contribution in [0.1, 0.15) is 12.6 Å². The molecule has 1 heterocycles. The number of hydrogen-bond acceptors (Lipinski definition) is 5. The minimum atomic E-state index is 0.170. The molecule has 80 valence electrons. The van der Waals surface area contributed by atoms with Crippen molar-refractivity contribution in [2.45, 2.75) is 13.0 Å². The molecule has 0 aliphatic heterocycles. The molecule has 0 bridgehead atoms. The lowest BCUT2D eigenvalue weighted by atomic mass is 10.3. The predicted molar refractivity (Wildman–Crippen MR) is 56.5 cm³/mol. The Balaban J connectivity index is 2.82. The first kappa shape index (κ1) is 11.4. The molecule has 1 aromatic rings. The van der Waals surface area contributed by atoms with Gasteiger partial charge in [-0.15, -0.1) is 0 Å². The molecular weight excluding hydrogens is 192 g/mol. The van der Waals surface area contributed by atoms with E-state index in [0.29, 0.717) is 18.2 Å². The Kier molecular flexibility index (Phi) is 4.01. The summed E-state index contributed by atoms with van der Waals surface area (Å²) in [4.78, 5) is 10.1. The van der Waals surface area contributed by atoms with Gasteiger partial charge in [-0.2, -0.15) is 5.26 Å². The molecule has 0 aliphatic rings. The van der Waals surface area contributed by atoms with Gasteiger partial charge in [0.15, 0.2) is 0 Å². The quantitative estimate of drug-likeness (QED) is 0.729. The number of nitrogens with zero attached hydrogens (tertiary/aromatic N) is 4. The summed E-state index contributed by atoms with van der Waals surface area (Å²) >= 11 is 0. The van der Waals surface area contributed by atoms with Gasteiger partial charge in [0.05, 0.1) is 12.6 Å². The molecule has 0 N–H and O–H groups in total. The lowest BCUT2D eigenvalue weighted by molar-refractivity contribution is 0.183. The summed E-state index contributed by atoms with van der Waals surface area (Å²) in [6.07, 6.45) is 1.58. The highest BCUT2D eigenvalue weighted by molar-refractivity contribution is 5.33. The van der Waals surface area contributed by atoms with Gasteiger partial charge in [0, 0.05) is 20.4 Å². The monoisotopic (exact) mass is 206 g/mol. The summed E-state index contributed by atoms with van der Waals surface area (Å²) in [5, 5.41) is 8.70. The van der Waals surface area contributed by atoms with E-state index in [4.69, 9.17) is 10.00 Å². The first-order chi connectivity index (χ1) is 7.19. The normalized spacial score (nSPS) is 11.9. The number of likely N-dealkylation sites (N-methyl/N-ethyl adjacent to an activating group) is 1. The van der Waals surface area contributed by atoms with Crippen molar-refractivity contribution in [3.8, 4) is 6.07 Å². The number of anilines is 1. The third kappa shape index (κ3) is 2.89. The Morgan fingerprint density at radius 2 is 2.40 bits per heavy atom. The minimum Gasteiger partial charge on any atom is -0.383 e. The smallest absolute Gasteiger partial charge is 0.226 e. The molecule has 0 radical (unpaired) electrons. The standard InChI is InChI=1S/C10H14N4O/c1-8(7-15-3)14(2)10-12-5-4-9(6-11)13-10/h4-5,8H,7H2,1-3H3. The summed E-state index contributed by atoms with van der Waals surface area (Å²) < 4.78 is 5.04. The van der Waals surface area contributed by atoms with Crippen LogP contribution in [0.25, 0.3) is 0 Å². The van der Waals surface area contributed by atoms with Crippen LogP contribution in [0.5, 0.6) is 0 Å². The topological polar surface area (TPSA) is 62.0 Å². The highest BCUT2D eigenvalue weighted by Crippen LogP contribution is 2.08. The first-order valence-corrected chi connectivity index (χ1v) is 4.64. The predicted octanol–water partition coefficient (Wildman–Crippen LogP) is 0.819. The third-order valence-electron chi connectivity index (χ3n) is 2.14. The zero-order valence-electron chi connectivity index (χ0n) is 9.14. The number of aromatic nitrogens is 2. The van der Waals surface area contributed by atoms with Crippen LogP contribution in [0.3, 0.4) is 0 Å². The first-order valence-electron chi connectivity index (χ1n) is 4.64. The van der Waals surface area contributed by atoms with Crippen molar-refractivity contribution >= 4 is 5.95 Å². The minimum absolute atomic E-state index is 0.170. The van der Waals surface area contributed by atoms with E-state index >= 15 is 0 Å². The van der Waals surface area contributed by atoms with Crippen LogP contribution < -0.4 is 4.90 Å². The molecular formula is C10H14N4O. The second-order valence-electron chi connectivity index (χ2n) is 3.27. The average Bonchev–Trinajstić information content (AvgIpc) is 2.28. The van der Waals surface area contributed by atoms with Crippen LogP contribution in [0.15, 0.2) is 12.3 Å². The van der Waals surface area contributed by atoms with E-state index in [1.807, 2.05) is 24.9 Å². The van der Waals surface area contributed by atoms with E-state index in [2.05, 4.69) is 9.97 Å². The number of hydrogen-bond donors (Lipinski definition) is 0. The molecule has 1 unspecified atom stereocenters. The van der Waals surface area contributed by atoms with Crippen LogP contribution in [-0.2, 0) is 4.74 Å². The molecule has 1 rings (SSSR count). The lowest BCUT2D eigenvalue weighted by Crippen LogP contribution is -2.33. The van der Waals surface area contributed by atoms with Crippen molar-refractivity contribution in [1.29, 1.82) is 5.26 Å². The molecule has 0 fully saturated rings. The van der Waals surface area contributed by atoms with E-state index in [1.165, 1.54) is 0 Å². The molecule has 0 aliphatic carbocycles. The molecule has 0 amide bonds. The maximum atomic E-state index is 8.70. The van der Waals surface area contributed by atoms with Crippen LogP contribution >= 0.6 is 0 Å². The van der Waals surface area contributed by atoms with E-state index in [9.17, 15) is 0 Å². The summed E-state index contributed by atoms with van der Waals surface area (Å²) in [5.41, 5.74) is 0.372. The lowest BCUT2D eigenvalue weighted by Gasteiger charge is -2.23. The number of methoxy groups -OCH3 is 1. The van der Waals surface area contributed by atoms with Gasteiger partial charge in [0.2, 0.25) is 5.95 Å². The molecule has 15 heavy (non-hydrogen) atoms. The number of nitriles is 1. The van der Waals surface area contributed by atoms with Gasteiger partial charge in [0.25, 0.3) is 0 Å². The van der Waals surface area contributed by atoms with Crippen molar-refractivity contribution in [2.24, 2.45) is 0 Å². The van der Waals surface area contributed by atoms with Gasteiger partial charge in [-0.3, -0.25) is 0 Å². The molecule has 0 saturated carbocycles. The van der Waals surface area contributed by atoms with Crippen LogP contribution in [0, 0.1) is 11.3 Å². The fraction of sp³-hybridized carbons (Fsp3) is 0.500. The van der Waals surface area contributed by atoms with Crippen molar-refractivity contribution in [3.05, 3.63) is 18.0 Å². The maximum Gasteiger partial charge on any atom is 0.226 e. The summed E-state index contributed by atoms with van der Waals surface area (Å²) in [7, 11) is 3.52. The Morgan fingerprint density at radius 1 is 1.67 bits per heavy atom. The Morgan fingerprint density at radius 3 is 3.00 bits per heavy atom. The Hall–Kier alpha value is -1.67. The molecule has 1 aromatic heterocycles.